The second-order valence-electron chi connectivity index (χ2n) is 10.2. The van der Waals surface area contributed by atoms with Crippen LogP contribution >= 0.6 is 0 Å². The summed E-state index contributed by atoms with van der Waals surface area (Å²) in [4.78, 5) is 12.4. The van der Waals surface area contributed by atoms with Crippen LogP contribution in [0.2, 0.25) is 0 Å². The maximum atomic E-state index is 14.3. The maximum absolute atomic E-state index is 14.3. The lowest BCUT2D eigenvalue weighted by molar-refractivity contribution is 0.411. The normalized spacial score (nSPS) is 11.4. The highest BCUT2D eigenvalue weighted by molar-refractivity contribution is 6.00. The summed E-state index contributed by atoms with van der Waals surface area (Å²) in [6, 6.07) is 27.3. The van der Waals surface area contributed by atoms with E-state index in [-0.39, 0.29) is 5.82 Å². The number of H-pyrrole nitrogens is 2. The van der Waals surface area contributed by atoms with Gasteiger partial charge in [-0.1, -0.05) is 36.4 Å². The zero-order valence-corrected chi connectivity index (χ0v) is 22.9. The molecule has 0 saturated heterocycles. The van der Waals surface area contributed by atoms with E-state index in [1.54, 1.807) is 6.20 Å². The molecule has 0 aliphatic carbocycles. The van der Waals surface area contributed by atoms with Gasteiger partial charge in [-0.15, -0.1) is 0 Å². The number of hydrogen-bond acceptors (Lipinski definition) is 5. The molecule has 0 unspecified atom stereocenters. The summed E-state index contributed by atoms with van der Waals surface area (Å²) < 4.78 is 19.6. The predicted molar refractivity (Wildman–Crippen MR) is 163 cm³/mol. The van der Waals surface area contributed by atoms with E-state index in [9.17, 15) is 4.39 Å². The van der Waals surface area contributed by atoms with Crippen molar-refractivity contribution in [3.8, 4) is 39.4 Å². The summed E-state index contributed by atoms with van der Waals surface area (Å²) in [6.45, 7) is 1.51. The molecule has 0 radical (unpaired) electrons. The van der Waals surface area contributed by atoms with E-state index >= 15 is 0 Å². The molecule has 0 spiro atoms. The van der Waals surface area contributed by atoms with Crippen LogP contribution in [0.1, 0.15) is 11.1 Å². The second kappa shape index (κ2) is 10.9. The van der Waals surface area contributed by atoms with Crippen molar-refractivity contribution in [2.75, 3.05) is 7.11 Å². The van der Waals surface area contributed by atoms with Crippen LogP contribution in [0.15, 0.2) is 104 Å². The number of rotatable bonds is 8. The Balaban J connectivity index is 1.21. The average Bonchev–Trinajstić information content (AvgIpc) is 3.65. The maximum Gasteiger partial charge on any atom is 0.138 e. The fraction of sp³-hybridized carbons (Fsp3) is 0.0882. The molecule has 3 aromatic carbocycles. The van der Waals surface area contributed by atoms with Gasteiger partial charge >= 0.3 is 0 Å². The molecule has 0 amide bonds. The number of aromatic nitrogens is 5. The lowest BCUT2D eigenvalue weighted by Gasteiger charge is -2.08. The number of halogens is 1. The molecule has 7 rings (SSSR count). The first kappa shape index (κ1) is 25.6. The number of methoxy groups -OCH3 is 1. The number of pyridine rings is 2. The molecule has 0 atom stereocenters. The standard InChI is InChI=1S/C34H27FN6O/c1-42-27-13-24(12-26(35)15-27)28-9-10-38-34-29(28)16-32(39-34)33-30-14-23(7-8-31(30)40-41-33)25-11-22(19-37-20-25)18-36-17-21-5-3-2-4-6-21/h2-16,19-20,36H,17-18H2,1H3,(H,38,39)(H,40,41). The quantitative estimate of drug-likeness (QED) is 0.184. The van der Waals surface area contributed by atoms with Gasteiger partial charge < -0.3 is 15.0 Å². The Morgan fingerprint density at radius 2 is 1.69 bits per heavy atom. The van der Waals surface area contributed by atoms with Gasteiger partial charge in [0.2, 0.25) is 0 Å². The Labute approximate surface area is 241 Å². The smallest absolute Gasteiger partial charge is 0.138 e. The highest BCUT2D eigenvalue weighted by atomic mass is 19.1. The number of aromatic amines is 2. The van der Waals surface area contributed by atoms with Gasteiger partial charge in [-0.3, -0.25) is 10.1 Å². The molecule has 0 fully saturated rings. The van der Waals surface area contributed by atoms with Crippen molar-refractivity contribution >= 4 is 21.9 Å². The van der Waals surface area contributed by atoms with Gasteiger partial charge in [-0.2, -0.15) is 5.10 Å². The molecule has 4 aromatic heterocycles. The van der Waals surface area contributed by atoms with Gasteiger partial charge in [0, 0.05) is 54.1 Å². The Morgan fingerprint density at radius 3 is 2.57 bits per heavy atom. The van der Waals surface area contributed by atoms with Crippen molar-refractivity contribution in [3.05, 3.63) is 120 Å². The van der Waals surface area contributed by atoms with Gasteiger partial charge in [-0.25, -0.2) is 9.37 Å². The molecule has 0 saturated carbocycles. The van der Waals surface area contributed by atoms with Crippen LogP contribution in [-0.2, 0) is 13.1 Å². The number of ether oxygens (including phenoxy) is 1. The molecule has 0 aliphatic rings. The molecule has 42 heavy (non-hydrogen) atoms. The molecular formula is C34H27FN6O. The van der Waals surface area contributed by atoms with Gasteiger partial charge in [0.1, 0.15) is 22.9 Å². The third kappa shape index (κ3) is 5.00. The molecule has 0 bridgehead atoms. The van der Waals surface area contributed by atoms with Crippen LogP contribution in [0.5, 0.6) is 5.75 Å². The number of fused-ring (bicyclic) bond motifs is 2. The third-order valence-corrected chi connectivity index (χ3v) is 7.40. The van der Waals surface area contributed by atoms with E-state index in [1.165, 1.54) is 24.8 Å². The highest BCUT2D eigenvalue weighted by Crippen LogP contribution is 2.35. The van der Waals surface area contributed by atoms with E-state index in [2.05, 4.69) is 60.8 Å². The van der Waals surface area contributed by atoms with E-state index in [1.807, 2.05) is 54.9 Å². The van der Waals surface area contributed by atoms with Crippen LogP contribution in [-0.4, -0.2) is 32.3 Å². The minimum atomic E-state index is -0.360. The van der Waals surface area contributed by atoms with Crippen LogP contribution < -0.4 is 10.1 Å². The van der Waals surface area contributed by atoms with Crippen LogP contribution in [0, 0.1) is 5.82 Å². The number of benzene rings is 3. The summed E-state index contributed by atoms with van der Waals surface area (Å²) in [7, 11) is 1.53. The first-order chi connectivity index (χ1) is 20.6. The largest absolute Gasteiger partial charge is 0.497 e. The summed E-state index contributed by atoms with van der Waals surface area (Å²) >= 11 is 0. The van der Waals surface area contributed by atoms with Gasteiger partial charge in [0.05, 0.1) is 18.3 Å². The fourth-order valence-electron chi connectivity index (χ4n) is 5.33. The molecule has 206 valence electrons. The molecule has 4 heterocycles. The van der Waals surface area contributed by atoms with Gasteiger partial charge in [0.15, 0.2) is 0 Å². The highest BCUT2D eigenvalue weighted by Gasteiger charge is 2.16. The molecule has 3 N–H and O–H groups in total. The first-order valence-corrected chi connectivity index (χ1v) is 13.6. The minimum Gasteiger partial charge on any atom is -0.497 e. The van der Waals surface area contributed by atoms with Crippen LogP contribution in [0.3, 0.4) is 0 Å². The van der Waals surface area contributed by atoms with E-state index in [0.29, 0.717) is 17.0 Å². The lowest BCUT2D eigenvalue weighted by atomic mass is 10.0. The van der Waals surface area contributed by atoms with Crippen molar-refractivity contribution in [1.29, 1.82) is 0 Å². The van der Waals surface area contributed by atoms with Crippen molar-refractivity contribution in [3.63, 3.8) is 0 Å². The van der Waals surface area contributed by atoms with Crippen LogP contribution in [0.25, 0.3) is 55.6 Å². The Bertz CT molecular complexity index is 2030. The van der Waals surface area contributed by atoms with Gasteiger partial charge in [0.25, 0.3) is 0 Å². The number of nitrogens with one attached hydrogen (secondary N) is 3. The zero-order chi connectivity index (χ0) is 28.5. The van der Waals surface area contributed by atoms with Gasteiger partial charge in [-0.05, 0) is 70.3 Å². The van der Waals surface area contributed by atoms with E-state index in [4.69, 9.17) is 4.74 Å². The summed E-state index contributed by atoms with van der Waals surface area (Å²) in [5.74, 6) is 0.100. The minimum absolute atomic E-state index is 0.360. The van der Waals surface area contributed by atoms with Crippen molar-refractivity contribution < 1.29 is 9.13 Å². The lowest BCUT2D eigenvalue weighted by Crippen LogP contribution is -2.12. The van der Waals surface area contributed by atoms with Crippen molar-refractivity contribution in [2.45, 2.75) is 13.1 Å². The predicted octanol–water partition coefficient (Wildman–Crippen LogP) is 7.27. The summed E-state index contributed by atoms with van der Waals surface area (Å²) in [5, 5.41) is 13.1. The molecular weight excluding hydrogens is 527 g/mol. The topological polar surface area (TPSA) is 91.5 Å². The van der Waals surface area contributed by atoms with Crippen molar-refractivity contribution in [1.82, 2.24) is 30.5 Å². The SMILES string of the molecule is COc1cc(F)cc(-c2ccnc3[nH]c(-c4n[nH]c5ccc(-c6cncc(CNCc7ccccc7)c6)cc45)cc23)c1. The molecule has 0 aliphatic heterocycles. The van der Waals surface area contributed by atoms with E-state index in [0.717, 1.165) is 63.0 Å². The molecule has 8 heteroatoms. The van der Waals surface area contributed by atoms with E-state index < -0.39 is 0 Å². The van der Waals surface area contributed by atoms with Crippen LogP contribution in [0.4, 0.5) is 4.39 Å². The number of hydrogen-bond donors (Lipinski definition) is 3. The number of nitrogens with zero attached hydrogens (tertiary/aromatic N) is 3. The first-order valence-electron chi connectivity index (χ1n) is 13.6. The third-order valence-electron chi connectivity index (χ3n) is 7.40. The summed E-state index contributed by atoms with van der Waals surface area (Å²) in [5.41, 5.74) is 9.20. The monoisotopic (exact) mass is 554 g/mol. The zero-order valence-electron chi connectivity index (χ0n) is 22.9. The Hall–Kier alpha value is -5.34. The molecule has 7 nitrogen and oxygen atoms in total. The Morgan fingerprint density at radius 1 is 0.810 bits per heavy atom. The summed E-state index contributed by atoms with van der Waals surface area (Å²) in [6.07, 6.45) is 5.49. The second-order valence-corrected chi connectivity index (χ2v) is 10.2. The Kier molecular flexibility index (Phi) is 6.65. The molecule has 7 aromatic rings. The fourth-order valence-corrected chi connectivity index (χ4v) is 5.33. The van der Waals surface area contributed by atoms with Crippen molar-refractivity contribution in [2.24, 2.45) is 0 Å². The average molecular weight is 555 g/mol.